The first-order valence-electron chi connectivity index (χ1n) is 3.69. The Kier molecular flexibility index (Phi) is 1.99. The molecule has 2 rings (SSSR count). The third-order valence-corrected chi connectivity index (χ3v) is 2.70. The summed E-state index contributed by atoms with van der Waals surface area (Å²) in [5.74, 6) is -0.887. The van der Waals surface area contributed by atoms with Crippen molar-refractivity contribution in [3.8, 4) is 0 Å². The van der Waals surface area contributed by atoms with Crippen molar-refractivity contribution >= 4 is 39.7 Å². The Labute approximate surface area is 88.5 Å². The Hall–Kier alpha value is -1.04. The van der Waals surface area contributed by atoms with Crippen molar-refractivity contribution in [3.63, 3.8) is 0 Å². The number of halogens is 1. The number of para-hydroxylation sites is 1. The summed E-state index contributed by atoms with van der Waals surface area (Å²) in [7, 11) is 0. The van der Waals surface area contributed by atoms with Crippen LogP contribution in [0.5, 0.6) is 0 Å². The van der Waals surface area contributed by atoms with Crippen molar-refractivity contribution in [2.45, 2.75) is 0 Å². The van der Waals surface area contributed by atoms with E-state index < -0.39 is 5.97 Å². The van der Waals surface area contributed by atoms with Crippen LogP contribution in [0, 0.1) is 0 Å². The van der Waals surface area contributed by atoms with Gasteiger partial charge in [-0.25, -0.2) is 4.79 Å². The maximum absolute atomic E-state index is 10.8. The van der Waals surface area contributed by atoms with Gasteiger partial charge in [0.2, 0.25) is 0 Å². The lowest BCUT2D eigenvalue weighted by molar-refractivity contribution is 0.0699. The fourth-order valence-electron chi connectivity index (χ4n) is 1.33. The van der Waals surface area contributed by atoms with Crippen LogP contribution in [0.4, 0.5) is 0 Å². The molecule has 0 atom stereocenters. The second-order valence-corrected chi connectivity index (χ2v) is 3.71. The monoisotopic (exact) mass is 287 g/mol. The molecule has 0 saturated carbocycles. The molecule has 0 radical (unpaired) electrons. The van der Waals surface area contributed by atoms with Gasteiger partial charge in [-0.3, -0.25) is 2.78 Å². The molecule has 0 spiro atoms. The molecule has 0 unspecified atom stereocenters. The van der Waals surface area contributed by atoms with Crippen molar-refractivity contribution in [2.75, 3.05) is 0 Å². The number of rotatable bonds is 1. The molecular weight excluding hydrogens is 281 g/mol. The first-order chi connectivity index (χ1) is 6.20. The van der Waals surface area contributed by atoms with Gasteiger partial charge in [0, 0.05) is 11.6 Å². The summed E-state index contributed by atoms with van der Waals surface area (Å²) in [5, 5.41) is 9.86. The van der Waals surface area contributed by atoms with E-state index in [4.69, 9.17) is 5.11 Å². The Morgan fingerprint density at radius 3 is 2.85 bits per heavy atom. The Balaban J connectivity index is 2.88. The van der Waals surface area contributed by atoms with Crippen molar-refractivity contribution in [1.82, 2.24) is 2.78 Å². The van der Waals surface area contributed by atoms with Crippen molar-refractivity contribution in [2.24, 2.45) is 0 Å². The van der Waals surface area contributed by atoms with Gasteiger partial charge in [-0.1, -0.05) is 12.1 Å². The first-order valence-corrected chi connectivity index (χ1v) is 4.66. The summed E-state index contributed by atoms with van der Waals surface area (Å²) in [6.07, 6.45) is 1.84. The van der Waals surface area contributed by atoms with E-state index in [1.807, 2.05) is 18.3 Å². The van der Waals surface area contributed by atoms with E-state index in [9.17, 15) is 4.79 Å². The largest absolute Gasteiger partial charge is 0.478 e. The fraction of sp³-hybridized carbons (Fsp3) is 0. The number of benzene rings is 1. The zero-order valence-corrected chi connectivity index (χ0v) is 8.72. The quantitative estimate of drug-likeness (QED) is 0.819. The van der Waals surface area contributed by atoms with Crippen LogP contribution in [-0.4, -0.2) is 13.9 Å². The molecule has 1 aromatic heterocycles. The van der Waals surface area contributed by atoms with E-state index in [2.05, 4.69) is 22.9 Å². The highest BCUT2D eigenvalue weighted by molar-refractivity contribution is 14.1. The molecule has 0 aliphatic rings. The van der Waals surface area contributed by atoms with E-state index in [1.165, 1.54) is 0 Å². The van der Waals surface area contributed by atoms with Crippen LogP contribution in [0.25, 0.3) is 10.9 Å². The average molecular weight is 287 g/mol. The molecule has 0 aliphatic carbocycles. The molecule has 1 N–H and O–H groups in total. The smallest absolute Gasteiger partial charge is 0.337 e. The second-order valence-electron chi connectivity index (χ2n) is 2.68. The van der Waals surface area contributed by atoms with Crippen molar-refractivity contribution < 1.29 is 9.90 Å². The molecular formula is C9H6INO2. The van der Waals surface area contributed by atoms with Gasteiger partial charge in [0.05, 0.1) is 33.9 Å². The zero-order valence-electron chi connectivity index (χ0n) is 6.57. The lowest BCUT2D eigenvalue weighted by Crippen LogP contribution is -1.98. The van der Waals surface area contributed by atoms with Gasteiger partial charge in [-0.15, -0.1) is 0 Å². The molecule has 2 aromatic rings. The molecule has 0 fully saturated rings. The third kappa shape index (κ3) is 1.31. The van der Waals surface area contributed by atoms with Crippen LogP contribution in [0.1, 0.15) is 10.4 Å². The van der Waals surface area contributed by atoms with Gasteiger partial charge < -0.3 is 5.11 Å². The number of carboxylic acid groups (broad SMARTS) is 1. The fourth-order valence-corrected chi connectivity index (χ4v) is 2.03. The number of hydrogen-bond donors (Lipinski definition) is 1. The first kappa shape index (κ1) is 8.55. The summed E-state index contributed by atoms with van der Waals surface area (Å²) in [6.45, 7) is 0. The molecule has 4 heteroatoms. The highest BCUT2D eigenvalue weighted by Crippen LogP contribution is 2.21. The van der Waals surface area contributed by atoms with Crippen LogP contribution < -0.4 is 0 Å². The minimum atomic E-state index is -0.887. The van der Waals surface area contributed by atoms with E-state index in [-0.39, 0.29) is 0 Å². The maximum Gasteiger partial charge on any atom is 0.337 e. The van der Waals surface area contributed by atoms with E-state index in [0.29, 0.717) is 5.56 Å². The van der Waals surface area contributed by atoms with Gasteiger partial charge in [0.15, 0.2) is 0 Å². The van der Waals surface area contributed by atoms with Crippen LogP contribution in [0.2, 0.25) is 0 Å². The minimum Gasteiger partial charge on any atom is -0.478 e. The zero-order chi connectivity index (χ0) is 9.42. The van der Waals surface area contributed by atoms with Crippen LogP contribution in [-0.2, 0) is 0 Å². The SMILES string of the molecule is O=C(O)c1cccc2ccn(I)c12. The summed E-state index contributed by atoms with van der Waals surface area (Å²) in [6, 6.07) is 7.16. The van der Waals surface area contributed by atoms with Gasteiger partial charge in [-0.2, -0.15) is 0 Å². The molecule has 66 valence electrons. The number of fused-ring (bicyclic) bond motifs is 1. The molecule has 0 bridgehead atoms. The summed E-state index contributed by atoms with van der Waals surface area (Å²) in [4.78, 5) is 10.8. The lowest BCUT2D eigenvalue weighted by atomic mass is 10.1. The number of carboxylic acids is 1. The molecule has 13 heavy (non-hydrogen) atoms. The number of hydrogen-bond acceptors (Lipinski definition) is 1. The van der Waals surface area contributed by atoms with E-state index in [1.54, 1.807) is 14.9 Å². The van der Waals surface area contributed by atoms with Gasteiger partial charge in [0.1, 0.15) is 0 Å². The second kappa shape index (κ2) is 3.02. The normalized spacial score (nSPS) is 10.5. The molecule has 0 aliphatic heterocycles. The van der Waals surface area contributed by atoms with Crippen molar-refractivity contribution in [3.05, 3.63) is 36.0 Å². The van der Waals surface area contributed by atoms with Crippen LogP contribution >= 0.6 is 22.9 Å². The highest BCUT2D eigenvalue weighted by Gasteiger charge is 2.10. The van der Waals surface area contributed by atoms with Crippen LogP contribution in [0.3, 0.4) is 0 Å². The van der Waals surface area contributed by atoms with Gasteiger partial charge in [0.25, 0.3) is 0 Å². The van der Waals surface area contributed by atoms with Gasteiger partial charge >= 0.3 is 5.97 Å². The van der Waals surface area contributed by atoms with Gasteiger partial charge in [-0.05, 0) is 12.1 Å². The molecule has 3 nitrogen and oxygen atoms in total. The summed E-state index contributed by atoms with van der Waals surface area (Å²) in [5.41, 5.74) is 1.10. The summed E-state index contributed by atoms with van der Waals surface area (Å²) < 4.78 is 1.79. The standard InChI is InChI=1S/C9H6INO2/c10-11-5-4-6-2-1-3-7(8(6)11)9(12)13/h1-5H,(H,12,13). The minimum absolute atomic E-state index is 0.344. The third-order valence-electron chi connectivity index (χ3n) is 1.90. The molecule has 1 aromatic carbocycles. The highest BCUT2D eigenvalue weighted by atomic mass is 127. The molecule has 0 amide bonds. The Bertz CT molecular complexity index is 475. The van der Waals surface area contributed by atoms with E-state index >= 15 is 0 Å². The number of aromatic nitrogens is 1. The Morgan fingerprint density at radius 1 is 1.38 bits per heavy atom. The topological polar surface area (TPSA) is 42.2 Å². The summed E-state index contributed by atoms with van der Waals surface area (Å²) >= 11 is 2.07. The van der Waals surface area contributed by atoms with Crippen LogP contribution in [0.15, 0.2) is 30.5 Å². The maximum atomic E-state index is 10.8. The number of carbonyl (C=O) groups is 1. The van der Waals surface area contributed by atoms with Crippen molar-refractivity contribution in [1.29, 1.82) is 0 Å². The number of nitrogens with zero attached hydrogens (tertiary/aromatic N) is 1. The van der Waals surface area contributed by atoms with E-state index in [0.717, 1.165) is 10.9 Å². The molecule has 0 saturated heterocycles. The number of aromatic carboxylic acids is 1. The molecule has 1 heterocycles. The predicted molar refractivity (Wildman–Crippen MR) is 58.3 cm³/mol. The lowest BCUT2D eigenvalue weighted by Gasteiger charge is -1.98. The Morgan fingerprint density at radius 2 is 2.15 bits per heavy atom. The average Bonchev–Trinajstić information content (AvgIpc) is 2.48. The predicted octanol–water partition coefficient (Wildman–Crippen LogP) is 2.54.